The summed E-state index contributed by atoms with van der Waals surface area (Å²) in [6.07, 6.45) is 6.27. The Bertz CT molecular complexity index is 545. The molecular formula is C13H24N4O2S. The van der Waals surface area contributed by atoms with Gasteiger partial charge in [-0.1, -0.05) is 12.8 Å². The van der Waals surface area contributed by atoms with E-state index in [1.165, 1.54) is 12.8 Å². The Balaban J connectivity index is 2.10. The van der Waals surface area contributed by atoms with Crippen molar-refractivity contribution in [3.63, 3.8) is 0 Å². The SMILES string of the molecule is Cc1nn(C2CCCC2)cc1S(=O)(=O)NCCN(C)C. The third kappa shape index (κ3) is 3.59. The standard InChI is InChI=1S/C13H24N4O2S/c1-11-13(20(18,19)14-8-9-16(2)3)10-17(15-11)12-6-4-5-7-12/h10,12,14H,4-9H2,1-3H3. The van der Waals surface area contributed by atoms with Gasteiger partial charge in [0.1, 0.15) is 4.90 Å². The van der Waals surface area contributed by atoms with E-state index in [1.807, 2.05) is 23.7 Å². The molecule has 1 aromatic rings. The van der Waals surface area contributed by atoms with Gasteiger partial charge >= 0.3 is 0 Å². The van der Waals surface area contributed by atoms with Gasteiger partial charge in [-0.3, -0.25) is 4.68 Å². The summed E-state index contributed by atoms with van der Waals surface area (Å²) < 4.78 is 29.0. The summed E-state index contributed by atoms with van der Waals surface area (Å²) in [6, 6.07) is 0.361. The Hall–Kier alpha value is -0.920. The molecule has 1 aliphatic carbocycles. The smallest absolute Gasteiger partial charge is 0.244 e. The van der Waals surface area contributed by atoms with E-state index in [9.17, 15) is 8.42 Å². The molecule has 0 saturated heterocycles. The van der Waals surface area contributed by atoms with E-state index in [0.29, 0.717) is 29.7 Å². The van der Waals surface area contributed by atoms with Crippen LogP contribution in [0.2, 0.25) is 0 Å². The predicted molar refractivity (Wildman–Crippen MR) is 78.2 cm³/mol. The lowest BCUT2D eigenvalue weighted by Gasteiger charge is -2.10. The normalized spacial score (nSPS) is 17.2. The highest BCUT2D eigenvalue weighted by Crippen LogP contribution is 2.30. The van der Waals surface area contributed by atoms with E-state index < -0.39 is 10.0 Å². The van der Waals surface area contributed by atoms with Crippen molar-refractivity contribution in [3.8, 4) is 0 Å². The fraction of sp³-hybridized carbons (Fsp3) is 0.769. The van der Waals surface area contributed by atoms with Crippen molar-refractivity contribution >= 4 is 10.0 Å². The number of aryl methyl sites for hydroxylation is 1. The van der Waals surface area contributed by atoms with Gasteiger partial charge in [0, 0.05) is 19.3 Å². The van der Waals surface area contributed by atoms with Gasteiger partial charge in [-0.2, -0.15) is 5.10 Å². The van der Waals surface area contributed by atoms with E-state index >= 15 is 0 Å². The number of sulfonamides is 1. The van der Waals surface area contributed by atoms with Gasteiger partial charge in [0.2, 0.25) is 10.0 Å². The third-order valence-electron chi connectivity index (χ3n) is 3.71. The Morgan fingerprint density at radius 1 is 1.40 bits per heavy atom. The molecular weight excluding hydrogens is 276 g/mol. The number of hydrogen-bond acceptors (Lipinski definition) is 4. The summed E-state index contributed by atoms with van der Waals surface area (Å²) in [5.74, 6) is 0. The van der Waals surface area contributed by atoms with Crippen LogP contribution in [0.3, 0.4) is 0 Å². The summed E-state index contributed by atoms with van der Waals surface area (Å²) >= 11 is 0. The first-order valence-corrected chi connectivity index (χ1v) is 8.58. The van der Waals surface area contributed by atoms with Crippen molar-refractivity contribution in [2.75, 3.05) is 27.2 Å². The van der Waals surface area contributed by atoms with E-state index in [-0.39, 0.29) is 0 Å². The van der Waals surface area contributed by atoms with Crippen LogP contribution in [0.5, 0.6) is 0 Å². The number of nitrogens with one attached hydrogen (secondary N) is 1. The van der Waals surface area contributed by atoms with E-state index in [0.717, 1.165) is 12.8 Å². The number of aromatic nitrogens is 2. The minimum absolute atomic E-state index is 0.308. The maximum absolute atomic E-state index is 12.3. The van der Waals surface area contributed by atoms with Crippen LogP contribution in [0.4, 0.5) is 0 Å². The third-order valence-corrected chi connectivity index (χ3v) is 5.28. The Labute approximate surface area is 121 Å². The topological polar surface area (TPSA) is 67.2 Å². The highest BCUT2D eigenvalue weighted by molar-refractivity contribution is 7.89. The van der Waals surface area contributed by atoms with Crippen molar-refractivity contribution < 1.29 is 8.42 Å². The van der Waals surface area contributed by atoms with E-state index in [4.69, 9.17) is 0 Å². The van der Waals surface area contributed by atoms with Crippen molar-refractivity contribution in [2.24, 2.45) is 0 Å². The lowest BCUT2D eigenvalue weighted by molar-refractivity contribution is 0.412. The Morgan fingerprint density at radius 2 is 2.05 bits per heavy atom. The highest BCUT2D eigenvalue weighted by atomic mass is 32.2. The second kappa shape index (κ2) is 6.24. The number of rotatable bonds is 6. The molecule has 1 aliphatic rings. The first-order chi connectivity index (χ1) is 9.40. The van der Waals surface area contributed by atoms with Crippen LogP contribution in [-0.4, -0.2) is 50.3 Å². The summed E-state index contributed by atoms with van der Waals surface area (Å²) in [6.45, 7) is 2.84. The van der Waals surface area contributed by atoms with Crippen LogP contribution in [0.15, 0.2) is 11.1 Å². The first-order valence-electron chi connectivity index (χ1n) is 7.10. The molecule has 0 aliphatic heterocycles. The molecule has 1 fully saturated rings. The lowest BCUT2D eigenvalue weighted by atomic mass is 10.3. The molecule has 7 heteroatoms. The van der Waals surface area contributed by atoms with E-state index in [1.54, 1.807) is 13.1 Å². The van der Waals surface area contributed by atoms with Crippen LogP contribution < -0.4 is 4.72 Å². The fourth-order valence-corrected chi connectivity index (χ4v) is 3.76. The zero-order chi connectivity index (χ0) is 14.8. The minimum Gasteiger partial charge on any atom is -0.308 e. The molecule has 20 heavy (non-hydrogen) atoms. The molecule has 1 heterocycles. The van der Waals surface area contributed by atoms with Gasteiger partial charge in [0.25, 0.3) is 0 Å². The zero-order valence-electron chi connectivity index (χ0n) is 12.5. The molecule has 6 nitrogen and oxygen atoms in total. The molecule has 0 radical (unpaired) electrons. The van der Waals surface area contributed by atoms with Gasteiger partial charge in [-0.15, -0.1) is 0 Å². The van der Waals surface area contributed by atoms with Crippen molar-refractivity contribution in [3.05, 3.63) is 11.9 Å². The van der Waals surface area contributed by atoms with Crippen molar-refractivity contribution in [1.82, 2.24) is 19.4 Å². The molecule has 1 aromatic heterocycles. The van der Waals surface area contributed by atoms with Crippen LogP contribution in [-0.2, 0) is 10.0 Å². The average Bonchev–Trinajstić information content (AvgIpc) is 2.96. The second-order valence-corrected chi connectivity index (χ2v) is 7.43. The first kappa shape index (κ1) is 15.5. The fourth-order valence-electron chi connectivity index (χ4n) is 2.57. The average molecular weight is 300 g/mol. The van der Waals surface area contributed by atoms with Gasteiger partial charge in [0.15, 0.2) is 0 Å². The number of likely N-dealkylation sites (N-methyl/N-ethyl adjacent to an activating group) is 1. The highest BCUT2D eigenvalue weighted by Gasteiger charge is 2.24. The van der Waals surface area contributed by atoms with E-state index in [2.05, 4.69) is 9.82 Å². The maximum Gasteiger partial charge on any atom is 0.244 e. The Morgan fingerprint density at radius 3 is 2.65 bits per heavy atom. The largest absolute Gasteiger partial charge is 0.308 e. The molecule has 0 amide bonds. The van der Waals surface area contributed by atoms with Crippen LogP contribution in [0.25, 0.3) is 0 Å². The molecule has 0 aromatic carbocycles. The molecule has 1 N–H and O–H groups in total. The number of nitrogens with zero attached hydrogens (tertiary/aromatic N) is 3. The summed E-state index contributed by atoms with van der Waals surface area (Å²) in [5.41, 5.74) is 0.578. The van der Waals surface area contributed by atoms with Gasteiger partial charge in [-0.25, -0.2) is 13.1 Å². The minimum atomic E-state index is -3.46. The quantitative estimate of drug-likeness (QED) is 0.855. The molecule has 0 atom stereocenters. The molecule has 1 saturated carbocycles. The van der Waals surface area contributed by atoms with Crippen molar-refractivity contribution in [2.45, 2.75) is 43.5 Å². The second-order valence-electron chi connectivity index (χ2n) is 5.70. The van der Waals surface area contributed by atoms with Crippen molar-refractivity contribution in [1.29, 1.82) is 0 Å². The monoisotopic (exact) mass is 300 g/mol. The van der Waals surface area contributed by atoms with Crippen LogP contribution in [0, 0.1) is 6.92 Å². The summed E-state index contributed by atoms with van der Waals surface area (Å²) in [4.78, 5) is 2.25. The van der Waals surface area contributed by atoms with Gasteiger partial charge in [-0.05, 0) is 33.9 Å². The zero-order valence-corrected chi connectivity index (χ0v) is 13.3. The lowest BCUT2D eigenvalue weighted by Crippen LogP contribution is -2.31. The molecule has 114 valence electrons. The van der Waals surface area contributed by atoms with Crippen LogP contribution >= 0.6 is 0 Å². The van der Waals surface area contributed by atoms with Gasteiger partial charge in [0.05, 0.1) is 11.7 Å². The molecule has 0 bridgehead atoms. The van der Waals surface area contributed by atoms with Crippen LogP contribution in [0.1, 0.15) is 37.4 Å². The van der Waals surface area contributed by atoms with Gasteiger partial charge < -0.3 is 4.90 Å². The molecule has 0 unspecified atom stereocenters. The predicted octanol–water partition coefficient (Wildman–Crippen LogP) is 1.15. The molecule has 2 rings (SSSR count). The molecule has 0 spiro atoms. The number of hydrogen-bond donors (Lipinski definition) is 1. The summed E-state index contributed by atoms with van der Waals surface area (Å²) in [5, 5.41) is 4.39. The Kier molecular flexibility index (Phi) is 4.82. The maximum atomic E-state index is 12.3. The summed E-state index contributed by atoms with van der Waals surface area (Å²) in [7, 11) is 0.373.